The first-order valence-electron chi connectivity index (χ1n) is 6.58. The summed E-state index contributed by atoms with van der Waals surface area (Å²) in [4.78, 5) is 4.23. The first-order valence-corrected chi connectivity index (χ1v) is 6.58. The van der Waals surface area contributed by atoms with Gasteiger partial charge >= 0.3 is 0 Å². The Morgan fingerprint density at radius 3 is 2.59 bits per heavy atom. The summed E-state index contributed by atoms with van der Waals surface area (Å²) in [6, 6.07) is 3.90. The molecule has 1 atom stereocenters. The van der Waals surface area contributed by atoms with Crippen LogP contribution in [0.3, 0.4) is 0 Å². The third kappa shape index (κ3) is 5.68. The van der Waals surface area contributed by atoms with Gasteiger partial charge in [0, 0.05) is 18.3 Å². The molecule has 1 aromatic heterocycles. The molecule has 0 unspecified atom stereocenters. The lowest BCUT2D eigenvalue weighted by Gasteiger charge is -2.07. The molecule has 0 aliphatic rings. The normalized spacial score (nSPS) is 12.4. The van der Waals surface area contributed by atoms with Crippen LogP contribution in [0.5, 0.6) is 5.88 Å². The van der Waals surface area contributed by atoms with Gasteiger partial charge in [-0.05, 0) is 18.9 Å². The van der Waals surface area contributed by atoms with Gasteiger partial charge in [0.05, 0.1) is 6.61 Å². The smallest absolute Gasteiger partial charge is 0.213 e. The van der Waals surface area contributed by atoms with Crippen molar-refractivity contribution in [3.05, 3.63) is 23.9 Å². The van der Waals surface area contributed by atoms with Gasteiger partial charge in [0.1, 0.15) is 0 Å². The molecule has 0 spiro atoms. The number of hydrogen-bond acceptors (Lipinski definition) is 3. The molecule has 0 saturated heterocycles. The van der Waals surface area contributed by atoms with Crippen LogP contribution in [0.25, 0.3) is 0 Å². The van der Waals surface area contributed by atoms with Crippen LogP contribution in [0.15, 0.2) is 18.3 Å². The molecule has 0 bridgehead atoms. The Kier molecular flexibility index (Phi) is 6.63. The van der Waals surface area contributed by atoms with Gasteiger partial charge in [0.2, 0.25) is 5.88 Å². The van der Waals surface area contributed by atoms with Crippen LogP contribution in [0.4, 0.5) is 0 Å². The van der Waals surface area contributed by atoms with Gasteiger partial charge in [-0.3, -0.25) is 0 Å². The maximum absolute atomic E-state index is 5.75. The van der Waals surface area contributed by atoms with E-state index in [1.807, 2.05) is 19.1 Å². The largest absolute Gasteiger partial charge is 0.478 e. The third-order valence-electron chi connectivity index (χ3n) is 2.78. The molecule has 0 fully saturated rings. The highest BCUT2D eigenvalue weighted by molar-refractivity contribution is 5.19. The predicted octanol–water partition coefficient (Wildman–Crippen LogP) is 3.45. The fraction of sp³-hybridized carbons (Fsp3) is 0.643. The highest BCUT2D eigenvalue weighted by atomic mass is 16.5. The van der Waals surface area contributed by atoms with Crippen molar-refractivity contribution in [3.63, 3.8) is 0 Å². The predicted molar refractivity (Wildman–Crippen MR) is 71.1 cm³/mol. The zero-order valence-corrected chi connectivity index (χ0v) is 11.0. The molecule has 0 aliphatic heterocycles. The number of nitrogens with two attached hydrogens (primary N) is 1. The average Bonchev–Trinajstić information content (AvgIpc) is 2.34. The minimum absolute atomic E-state index is 0.0330. The van der Waals surface area contributed by atoms with E-state index in [1.54, 1.807) is 6.20 Å². The Morgan fingerprint density at radius 2 is 2.00 bits per heavy atom. The van der Waals surface area contributed by atoms with Crippen LogP contribution in [0.1, 0.15) is 57.6 Å². The lowest BCUT2D eigenvalue weighted by atomic mass is 10.1. The molecule has 3 heteroatoms. The quantitative estimate of drug-likeness (QED) is 0.703. The molecule has 0 amide bonds. The first-order chi connectivity index (χ1) is 8.24. The van der Waals surface area contributed by atoms with Gasteiger partial charge in [-0.1, -0.05) is 38.7 Å². The van der Waals surface area contributed by atoms with Crippen LogP contribution < -0.4 is 10.5 Å². The Balaban J connectivity index is 2.19. The Labute approximate surface area is 104 Å². The fourth-order valence-corrected chi connectivity index (χ4v) is 1.63. The summed E-state index contributed by atoms with van der Waals surface area (Å²) in [5.41, 5.74) is 6.79. The standard InChI is InChI=1S/C14H24N2O/c1-3-4-5-6-7-10-17-14-9-8-13(11-16-14)12(2)15/h8-9,11-12H,3-7,10,15H2,1-2H3/t12-/m0/s1. The summed E-state index contributed by atoms with van der Waals surface area (Å²) in [5, 5.41) is 0. The van der Waals surface area contributed by atoms with E-state index in [4.69, 9.17) is 10.5 Å². The second-order valence-electron chi connectivity index (χ2n) is 4.48. The molecular weight excluding hydrogens is 212 g/mol. The van der Waals surface area contributed by atoms with Gasteiger partial charge in [-0.15, -0.1) is 0 Å². The monoisotopic (exact) mass is 236 g/mol. The maximum Gasteiger partial charge on any atom is 0.213 e. The minimum atomic E-state index is 0.0330. The summed E-state index contributed by atoms with van der Waals surface area (Å²) >= 11 is 0. The lowest BCUT2D eigenvalue weighted by Crippen LogP contribution is -2.06. The number of unbranched alkanes of at least 4 members (excludes halogenated alkanes) is 4. The van der Waals surface area contributed by atoms with E-state index in [-0.39, 0.29) is 6.04 Å². The molecular formula is C14H24N2O. The van der Waals surface area contributed by atoms with Crippen molar-refractivity contribution in [1.82, 2.24) is 4.98 Å². The number of ether oxygens (including phenoxy) is 1. The van der Waals surface area contributed by atoms with E-state index in [0.717, 1.165) is 18.6 Å². The van der Waals surface area contributed by atoms with Crippen LogP contribution in [0, 0.1) is 0 Å². The second-order valence-corrected chi connectivity index (χ2v) is 4.48. The zero-order chi connectivity index (χ0) is 12.5. The van der Waals surface area contributed by atoms with E-state index >= 15 is 0 Å². The van der Waals surface area contributed by atoms with Crippen molar-refractivity contribution >= 4 is 0 Å². The number of aromatic nitrogens is 1. The van der Waals surface area contributed by atoms with E-state index in [0.29, 0.717) is 5.88 Å². The van der Waals surface area contributed by atoms with Crippen molar-refractivity contribution in [3.8, 4) is 5.88 Å². The summed E-state index contributed by atoms with van der Waals surface area (Å²) in [6.45, 7) is 4.93. The SMILES string of the molecule is CCCCCCCOc1ccc([C@H](C)N)cn1. The molecule has 0 aliphatic carbocycles. The Morgan fingerprint density at radius 1 is 1.24 bits per heavy atom. The molecule has 2 N–H and O–H groups in total. The molecule has 3 nitrogen and oxygen atoms in total. The average molecular weight is 236 g/mol. The number of rotatable bonds is 8. The van der Waals surface area contributed by atoms with Crippen molar-refractivity contribution in [1.29, 1.82) is 0 Å². The zero-order valence-electron chi connectivity index (χ0n) is 11.0. The van der Waals surface area contributed by atoms with E-state index in [1.165, 1.54) is 25.7 Å². The summed E-state index contributed by atoms with van der Waals surface area (Å²) < 4.78 is 5.57. The van der Waals surface area contributed by atoms with Gasteiger partial charge in [-0.2, -0.15) is 0 Å². The first kappa shape index (κ1) is 14.0. The summed E-state index contributed by atoms with van der Waals surface area (Å²) in [7, 11) is 0. The summed E-state index contributed by atoms with van der Waals surface area (Å²) in [6.07, 6.45) is 8.04. The van der Waals surface area contributed by atoms with E-state index < -0.39 is 0 Å². The molecule has 1 rings (SSSR count). The maximum atomic E-state index is 5.75. The lowest BCUT2D eigenvalue weighted by molar-refractivity contribution is 0.293. The third-order valence-corrected chi connectivity index (χ3v) is 2.78. The molecule has 17 heavy (non-hydrogen) atoms. The highest BCUT2D eigenvalue weighted by Gasteiger charge is 2.00. The van der Waals surface area contributed by atoms with E-state index in [2.05, 4.69) is 11.9 Å². The highest BCUT2D eigenvalue weighted by Crippen LogP contribution is 2.13. The molecule has 1 aromatic rings. The molecule has 0 radical (unpaired) electrons. The number of hydrogen-bond donors (Lipinski definition) is 1. The fourth-order valence-electron chi connectivity index (χ4n) is 1.63. The van der Waals surface area contributed by atoms with Gasteiger partial charge in [0.25, 0.3) is 0 Å². The Hall–Kier alpha value is -1.09. The molecule has 1 heterocycles. The number of pyridine rings is 1. The summed E-state index contributed by atoms with van der Waals surface area (Å²) in [5.74, 6) is 0.699. The van der Waals surface area contributed by atoms with Crippen LogP contribution in [0.2, 0.25) is 0 Å². The van der Waals surface area contributed by atoms with Crippen molar-refractivity contribution in [2.75, 3.05) is 6.61 Å². The van der Waals surface area contributed by atoms with Crippen molar-refractivity contribution in [2.45, 2.75) is 52.0 Å². The molecule has 96 valence electrons. The molecule has 0 saturated carbocycles. The van der Waals surface area contributed by atoms with Gasteiger partial charge in [-0.25, -0.2) is 4.98 Å². The number of nitrogens with zero attached hydrogens (tertiary/aromatic N) is 1. The second kappa shape index (κ2) is 8.07. The van der Waals surface area contributed by atoms with Crippen molar-refractivity contribution < 1.29 is 4.74 Å². The van der Waals surface area contributed by atoms with Gasteiger partial charge in [0.15, 0.2) is 0 Å². The van der Waals surface area contributed by atoms with Crippen LogP contribution in [-0.4, -0.2) is 11.6 Å². The van der Waals surface area contributed by atoms with Gasteiger partial charge < -0.3 is 10.5 Å². The van der Waals surface area contributed by atoms with Crippen molar-refractivity contribution in [2.24, 2.45) is 5.73 Å². The topological polar surface area (TPSA) is 48.1 Å². The molecule has 0 aromatic carbocycles. The van der Waals surface area contributed by atoms with E-state index in [9.17, 15) is 0 Å². The van der Waals surface area contributed by atoms with Crippen LogP contribution in [-0.2, 0) is 0 Å². The Bertz CT molecular complexity index is 296. The minimum Gasteiger partial charge on any atom is -0.478 e. The van der Waals surface area contributed by atoms with Crippen LogP contribution >= 0.6 is 0 Å².